The van der Waals surface area contributed by atoms with Crippen molar-refractivity contribution < 1.29 is 57.5 Å². The van der Waals surface area contributed by atoms with Gasteiger partial charge in [0.05, 0.1) is 11.9 Å². The zero-order valence-electron chi connectivity index (χ0n) is 21.6. The Morgan fingerprint density at radius 2 is 1.74 bits per heavy atom. The van der Waals surface area contributed by atoms with Crippen LogP contribution < -0.4 is 50.2 Å². The van der Waals surface area contributed by atoms with Crippen LogP contribution in [0.25, 0.3) is 0 Å². The molecule has 10 nitrogen and oxygen atoms in total. The van der Waals surface area contributed by atoms with Crippen LogP contribution in [0.4, 0.5) is 32.0 Å². The number of piperidine rings is 1. The fourth-order valence-electron chi connectivity index (χ4n) is 5.33. The second-order valence-electron chi connectivity index (χ2n) is 10.0. The summed E-state index contributed by atoms with van der Waals surface area (Å²) >= 11 is 0. The van der Waals surface area contributed by atoms with Crippen LogP contribution >= 0.6 is 0 Å². The van der Waals surface area contributed by atoms with Crippen LogP contribution in [-0.4, -0.2) is 40.1 Å². The van der Waals surface area contributed by atoms with Gasteiger partial charge in [-0.2, -0.15) is 0 Å². The van der Waals surface area contributed by atoms with E-state index in [9.17, 15) is 23.5 Å². The first kappa shape index (κ1) is 28.9. The van der Waals surface area contributed by atoms with Crippen molar-refractivity contribution >= 4 is 35.1 Å². The predicted molar refractivity (Wildman–Crippen MR) is 132 cm³/mol. The smallest absolute Gasteiger partial charge is 0.550 e. The largest absolute Gasteiger partial charge is 1.00 e. The van der Waals surface area contributed by atoms with E-state index >= 15 is 0 Å². The second-order valence-corrected chi connectivity index (χ2v) is 10.0. The summed E-state index contributed by atoms with van der Waals surface area (Å²) in [6, 6.07) is 6.61. The number of hydrogen-bond acceptors (Lipinski definition) is 9. The molecule has 3 aromatic rings. The first-order valence-corrected chi connectivity index (χ1v) is 12.6. The molecule has 0 bridgehead atoms. The Morgan fingerprint density at radius 1 is 1.03 bits per heavy atom. The maximum atomic E-state index is 13.4. The Balaban J connectivity index is 0.00000353. The van der Waals surface area contributed by atoms with Gasteiger partial charge in [0, 0.05) is 30.8 Å². The number of carbonyl (C=O) groups excluding carboxylic acids is 2. The van der Waals surface area contributed by atoms with Gasteiger partial charge in [0.1, 0.15) is 5.82 Å². The van der Waals surface area contributed by atoms with Crippen LogP contribution in [0, 0.1) is 23.0 Å². The van der Waals surface area contributed by atoms with E-state index in [1.165, 1.54) is 6.07 Å². The average Bonchev–Trinajstić information content (AvgIpc) is 3.37. The molecule has 0 atom stereocenters. The Hall–Kier alpha value is -3.09. The summed E-state index contributed by atoms with van der Waals surface area (Å²) in [7, 11) is 0. The van der Waals surface area contributed by atoms with E-state index < -0.39 is 23.5 Å². The Bertz CT molecular complexity index is 1300. The molecule has 2 aromatic heterocycles. The third-order valence-corrected chi connectivity index (χ3v) is 7.57. The van der Waals surface area contributed by atoms with Gasteiger partial charge in [0.15, 0.2) is 11.6 Å². The number of amides is 1. The molecule has 200 valence electrons. The minimum Gasteiger partial charge on any atom is -0.550 e. The van der Waals surface area contributed by atoms with E-state index in [2.05, 4.69) is 30.7 Å². The quantitative estimate of drug-likeness (QED) is 0.408. The summed E-state index contributed by atoms with van der Waals surface area (Å²) in [5.74, 6) is -2.87. The van der Waals surface area contributed by atoms with E-state index in [-0.39, 0.29) is 64.9 Å². The van der Waals surface area contributed by atoms with Gasteiger partial charge in [-0.15, -0.1) is 5.10 Å². The van der Waals surface area contributed by atoms with Crippen molar-refractivity contribution in [3.8, 4) is 0 Å². The molecule has 0 radical (unpaired) electrons. The van der Waals surface area contributed by atoms with Gasteiger partial charge in [-0.05, 0) is 80.5 Å². The van der Waals surface area contributed by atoms with Gasteiger partial charge in [-0.1, -0.05) is 5.10 Å². The number of anilines is 4. The Morgan fingerprint density at radius 3 is 2.38 bits per heavy atom. The van der Waals surface area contributed by atoms with E-state index in [0.717, 1.165) is 69.6 Å². The molecule has 5 rings (SSSR count). The van der Waals surface area contributed by atoms with Crippen molar-refractivity contribution in [3.05, 3.63) is 54.1 Å². The van der Waals surface area contributed by atoms with E-state index in [0.29, 0.717) is 5.69 Å². The average molecular weight is 549 g/mol. The number of carboxylic acid groups (broad SMARTS) is 1. The molecular weight excluding hydrogens is 521 g/mol. The molecule has 2 aliphatic rings. The number of carboxylic acids is 1. The van der Waals surface area contributed by atoms with Gasteiger partial charge in [-0.3, -0.25) is 4.79 Å². The number of rotatable bonds is 7. The summed E-state index contributed by atoms with van der Waals surface area (Å²) in [5, 5.41) is 23.5. The van der Waals surface area contributed by atoms with E-state index in [4.69, 9.17) is 4.42 Å². The molecule has 1 saturated heterocycles. The number of pyridine rings is 1. The first-order valence-electron chi connectivity index (χ1n) is 12.6. The maximum absolute atomic E-state index is 13.4. The monoisotopic (exact) mass is 548 g/mol. The van der Waals surface area contributed by atoms with Crippen LogP contribution in [0.3, 0.4) is 0 Å². The van der Waals surface area contributed by atoms with Gasteiger partial charge >= 0.3 is 47.4 Å². The molecule has 1 aromatic carbocycles. The molecular formula is C26H27F2N6NaO4. The molecule has 2 fully saturated rings. The van der Waals surface area contributed by atoms with Crippen molar-refractivity contribution in [1.82, 2.24) is 15.2 Å². The molecule has 1 spiro atoms. The SMILES string of the molecule is O=C([O-])CC1CCC2(CC1)CCN(c1ccc(NC(=O)c3nnc(Nc4ccc(F)c(F)c4)o3)cn1)CC2.[Na+]. The molecule has 1 aliphatic carbocycles. The standard InChI is InChI=1S/C26H28F2N6O4.Na/c27-19-3-1-17(14-20(19)28)31-25-33-32-24(38-25)23(37)30-18-2-4-21(29-15-18)34-11-9-26(10-12-34)7-5-16(6-8-26)13-22(35)36;/h1-4,14-16H,5-13H2,(H,30,37)(H,31,33)(H,35,36);/q;+1/p-1. The normalized spacial score (nSPS) is 16.9. The molecule has 3 heterocycles. The fraction of sp³-hybridized carbons (Fsp3) is 0.423. The number of halogens is 2. The van der Waals surface area contributed by atoms with Crippen LogP contribution in [0.15, 0.2) is 40.9 Å². The van der Waals surface area contributed by atoms with Crippen molar-refractivity contribution in [2.24, 2.45) is 11.3 Å². The third kappa shape index (κ3) is 7.11. The summed E-state index contributed by atoms with van der Waals surface area (Å²) in [5.41, 5.74) is 0.924. The van der Waals surface area contributed by atoms with Crippen LogP contribution in [-0.2, 0) is 4.79 Å². The number of carbonyl (C=O) groups is 2. The Kier molecular flexibility index (Phi) is 9.19. The summed E-state index contributed by atoms with van der Waals surface area (Å²) in [4.78, 5) is 30.1. The minimum atomic E-state index is -1.04. The van der Waals surface area contributed by atoms with Gasteiger partial charge in [0.25, 0.3) is 0 Å². The van der Waals surface area contributed by atoms with Crippen molar-refractivity contribution in [3.63, 3.8) is 0 Å². The molecule has 1 saturated carbocycles. The summed E-state index contributed by atoms with van der Waals surface area (Å²) in [6.07, 6.45) is 7.82. The summed E-state index contributed by atoms with van der Waals surface area (Å²) in [6.45, 7) is 1.75. The number of nitrogens with one attached hydrogen (secondary N) is 2. The first-order chi connectivity index (χ1) is 18.3. The molecule has 39 heavy (non-hydrogen) atoms. The Labute approximate surface area is 245 Å². The van der Waals surface area contributed by atoms with Crippen molar-refractivity contribution in [2.75, 3.05) is 28.6 Å². The molecule has 0 unspecified atom stereocenters. The number of nitrogens with zero attached hydrogens (tertiary/aromatic N) is 4. The summed E-state index contributed by atoms with van der Waals surface area (Å²) < 4.78 is 31.7. The minimum absolute atomic E-state index is 0. The number of hydrogen-bond donors (Lipinski definition) is 2. The zero-order valence-corrected chi connectivity index (χ0v) is 23.6. The van der Waals surface area contributed by atoms with Gasteiger partial charge in [-0.25, -0.2) is 13.8 Å². The fourth-order valence-corrected chi connectivity index (χ4v) is 5.33. The van der Waals surface area contributed by atoms with Crippen molar-refractivity contribution in [2.45, 2.75) is 44.9 Å². The number of benzene rings is 1. The van der Waals surface area contributed by atoms with E-state index in [1.807, 2.05) is 6.07 Å². The molecule has 2 N–H and O–H groups in total. The maximum Gasteiger partial charge on any atom is 1.00 e. The van der Waals surface area contributed by atoms with Crippen LogP contribution in [0.5, 0.6) is 0 Å². The topological polar surface area (TPSA) is 136 Å². The van der Waals surface area contributed by atoms with Gasteiger partial charge < -0.3 is 29.9 Å². The third-order valence-electron chi connectivity index (χ3n) is 7.57. The second kappa shape index (κ2) is 12.4. The van der Waals surface area contributed by atoms with Gasteiger partial charge in [0.2, 0.25) is 0 Å². The van der Waals surface area contributed by atoms with E-state index in [1.54, 1.807) is 12.3 Å². The predicted octanol–water partition coefficient (Wildman–Crippen LogP) is 0.660. The zero-order chi connectivity index (χ0) is 26.7. The van der Waals surface area contributed by atoms with Crippen molar-refractivity contribution in [1.29, 1.82) is 0 Å². The molecule has 1 amide bonds. The molecule has 13 heteroatoms. The number of aliphatic carboxylic acids is 1. The van der Waals surface area contributed by atoms with Crippen LogP contribution in [0.2, 0.25) is 0 Å². The number of aromatic nitrogens is 3. The van der Waals surface area contributed by atoms with Crippen LogP contribution in [0.1, 0.15) is 55.6 Å². The molecule has 1 aliphatic heterocycles.